The number of rotatable bonds is 6. The van der Waals surface area contributed by atoms with E-state index >= 15 is 0 Å². The third kappa shape index (κ3) is 5.61. The van der Waals surface area contributed by atoms with E-state index in [1.54, 1.807) is 0 Å². The lowest BCUT2D eigenvalue weighted by Gasteiger charge is -2.15. The van der Waals surface area contributed by atoms with Crippen molar-refractivity contribution in [2.45, 2.75) is 26.9 Å². The Morgan fingerprint density at radius 2 is 2.16 bits per heavy atom. The van der Waals surface area contributed by atoms with Crippen molar-refractivity contribution in [3.63, 3.8) is 0 Å². The molecule has 1 aromatic rings. The van der Waals surface area contributed by atoms with Gasteiger partial charge in [-0.25, -0.2) is 0 Å². The number of carbonyl (C=O) groups is 1. The van der Waals surface area contributed by atoms with E-state index in [1.807, 2.05) is 39.0 Å². The summed E-state index contributed by atoms with van der Waals surface area (Å²) in [5.74, 6) is 0.504. The van der Waals surface area contributed by atoms with Crippen LogP contribution in [0.4, 0.5) is 0 Å². The van der Waals surface area contributed by atoms with Crippen molar-refractivity contribution in [3.05, 3.63) is 28.2 Å². The Balaban J connectivity index is 2.38. The molecule has 0 fully saturated rings. The number of amides is 1. The topological polar surface area (TPSA) is 58.6 Å². The summed E-state index contributed by atoms with van der Waals surface area (Å²) in [6, 6.07) is 5.66. The minimum Gasteiger partial charge on any atom is -0.483 e. The zero-order valence-corrected chi connectivity index (χ0v) is 13.0. The molecule has 0 aliphatic carbocycles. The van der Waals surface area contributed by atoms with Gasteiger partial charge < -0.3 is 15.2 Å². The van der Waals surface area contributed by atoms with Gasteiger partial charge in [-0.15, -0.1) is 0 Å². The molecule has 1 rings (SSSR count). The second-order valence-corrected chi connectivity index (χ2v) is 5.69. The maximum atomic E-state index is 11.6. The second kappa shape index (κ2) is 7.50. The van der Waals surface area contributed by atoms with Crippen molar-refractivity contribution in [2.24, 2.45) is 5.92 Å². The van der Waals surface area contributed by atoms with E-state index in [1.165, 1.54) is 0 Å². The predicted molar refractivity (Wildman–Crippen MR) is 78.2 cm³/mol. The standard InChI is InChI=1S/C14H20BrNO3/c1-9(2)12(17)7-16-14(18)8-19-13-5-4-10(3)6-11(13)15/h4-6,9,12,17H,7-8H2,1-3H3,(H,16,18). The van der Waals surface area contributed by atoms with E-state index in [0.717, 1.165) is 10.0 Å². The Labute approximate surface area is 122 Å². The molecule has 0 aliphatic heterocycles. The number of aryl methyl sites for hydroxylation is 1. The summed E-state index contributed by atoms with van der Waals surface area (Å²) in [6.07, 6.45) is -0.532. The fourth-order valence-corrected chi connectivity index (χ4v) is 1.98. The molecular weight excluding hydrogens is 310 g/mol. The first-order valence-corrected chi connectivity index (χ1v) is 7.03. The number of hydrogen-bond acceptors (Lipinski definition) is 3. The molecule has 1 amide bonds. The molecule has 0 bridgehead atoms. The van der Waals surface area contributed by atoms with Crippen LogP contribution in [0.1, 0.15) is 19.4 Å². The summed E-state index contributed by atoms with van der Waals surface area (Å²) in [6.45, 7) is 5.96. The normalized spacial score (nSPS) is 12.3. The minimum absolute atomic E-state index is 0.0630. The molecular formula is C14H20BrNO3. The van der Waals surface area contributed by atoms with Crippen LogP contribution in [-0.4, -0.2) is 30.3 Å². The molecule has 19 heavy (non-hydrogen) atoms. The minimum atomic E-state index is -0.532. The van der Waals surface area contributed by atoms with Gasteiger partial charge in [0.1, 0.15) is 5.75 Å². The highest BCUT2D eigenvalue weighted by Gasteiger charge is 2.11. The lowest BCUT2D eigenvalue weighted by molar-refractivity contribution is -0.123. The fraction of sp³-hybridized carbons (Fsp3) is 0.500. The van der Waals surface area contributed by atoms with Crippen LogP contribution in [0.5, 0.6) is 5.75 Å². The van der Waals surface area contributed by atoms with Crippen LogP contribution in [0, 0.1) is 12.8 Å². The highest BCUT2D eigenvalue weighted by Crippen LogP contribution is 2.25. The SMILES string of the molecule is Cc1ccc(OCC(=O)NCC(O)C(C)C)c(Br)c1. The number of halogens is 1. The zero-order valence-electron chi connectivity index (χ0n) is 11.4. The van der Waals surface area contributed by atoms with Gasteiger partial charge in [0.15, 0.2) is 6.61 Å². The monoisotopic (exact) mass is 329 g/mol. The molecule has 5 heteroatoms. The van der Waals surface area contributed by atoms with Crippen LogP contribution >= 0.6 is 15.9 Å². The van der Waals surface area contributed by atoms with E-state index in [2.05, 4.69) is 21.2 Å². The lowest BCUT2D eigenvalue weighted by atomic mass is 10.1. The van der Waals surface area contributed by atoms with Gasteiger partial charge in [-0.2, -0.15) is 0 Å². The Morgan fingerprint density at radius 3 is 2.74 bits per heavy atom. The summed E-state index contributed by atoms with van der Waals surface area (Å²) in [5.41, 5.74) is 1.11. The van der Waals surface area contributed by atoms with Gasteiger partial charge in [-0.1, -0.05) is 19.9 Å². The fourth-order valence-electron chi connectivity index (χ4n) is 1.37. The number of aliphatic hydroxyl groups is 1. The maximum Gasteiger partial charge on any atom is 0.258 e. The molecule has 1 atom stereocenters. The zero-order chi connectivity index (χ0) is 14.4. The van der Waals surface area contributed by atoms with Crippen LogP contribution in [0.25, 0.3) is 0 Å². The van der Waals surface area contributed by atoms with Crippen LogP contribution < -0.4 is 10.1 Å². The predicted octanol–water partition coefficient (Wildman–Crippen LogP) is 2.27. The van der Waals surface area contributed by atoms with Crippen molar-refractivity contribution >= 4 is 21.8 Å². The van der Waals surface area contributed by atoms with Crippen LogP contribution in [-0.2, 0) is 4.79 Å². The van der Waals surface area contributed by atoms with E-state index in [9.17, 15) is 9.90 Å². The number of aliphatic hydroxyl groups excluding tert-OH is 1. The van der Waals surface area contributed by atoms with E-state index in [-0.39, 0.29) is 25.0 Å². The molecule has 2 N–H and O–H groups in total. The highest BCUT2D eigenvalue weighted by atomic mass is 79.9. The summed E-state index contributed by atoms with van der Waals surface area (Å²) in [5, 5.41) is 12.2. The summed E-state index contributed by atoms with van der Waals surface area (Å²) < 4.78 is 6.23. The van der Waals surface area contributed by atoms with Crippen LogP contribution in [0.3, 0.4) is 0 Å². The van der Waals surface area contributed by atoms with Crippen LogP contribution in [0.2, 0.25) is 0 Å². The summed E-state index contributed by atoms with van der Waals surface area (Å²) in [4.78, 5) is 11.6. The average Bonchev–Trinajstić information content (AvgIpc) is 2.34. The number of hydrogen-bond donors (Lipinski definition) is 2. The first-order chi connectivity index (χ1) is 8.90. The van der Waals surface area contributed by atoms with Gasteiger partial charge >= 0.3 is 0 Å². The van der Waals surface area contributed by atoms with E-state index < -0.39 is 6.10 Å². The second-order valence-electron chi connectivity index (χ2n) is 4.84. The number of benzene rings is 1. The van der Waals surface area contributed by atoms with Crippen LogP contribution in [0.15, 0.2) is 22.7 Å². The quantitative estimate of drug-likeness (QED) is 0.841. The number of carbonyl (C=O) groups excluding carboxylic acids is 1. The summed E-state index contributed by atoms with van der Waals surface area (Å²) in [7, 11) is 0. The first kappa shape index (κ1) is 16.0. The van der Waals surface area contributed by atoms with E-state index in [4.69, 9.17) is 4.74 Å². The number of ether oxygens (including phenoxy) is 1. The molecule has 1 aromatic carbocycles. The average molecular weight is 330 g/mol. The Bertz CT molecular complexity index is 435. The molecule has 0 spiro atoms. The summed E-state index contributed by atoms with van der Waals surface area (Å²) >= 11 is 3.38. The van der Waals surface area contributed by atoms with Crippen molar-refractivity contribution in [1.82, 2.24) is 5.32 Å². The van der Waals surface area contributed by atoms with Crippen molar-refractivity contribution in [3.8, 4) is 5.75 Å². The molecule has 106 valence electrons. The van der Waals surface area contributed by atoms with Gasteiger partial charge in [0, 0.05) is 6.54 Å². The molecule has 0 aliphatic rings. The molecule has 0 heterocycles. The Hall–Kier alpha value is -1.07. The van der Waals surface area contributed by atoms with Gasteiger partial charge in [-0.05, 0) is 46.5 Å². The van der Waals surface area contributed by atoms with Gasteiger partial charge in [0.05, 0.1) is 10.6 Å². The highest BCUT2D eigenvalue weighted by molar-refractivity contribution is 9.10. The number of nitrogens with one attached hydrogen (secondary N) is 1. The Morgan fingerprint density at radius 1 is 1.47 bits per heavy atom. The third-order valence-electron chi connectivity index (χ3n) is 2.72. The molecule has 0 saturated carbocycles. The molecule has 0 radical (unpaired) electrons. The first-order valence-electron chi connectivity index (χ1n) is 6.24. The molecule has 1 unspecified atom stereocenters. The third-order valence-corrected chi connectivity index (χ3v) is 3.34. The van der Waals surface area contributed by atoms with Gasteiger partial charge in [0.25, 0.3) is 5.91 Å². The van der Waals surface area contributed by atoms with Crippen molar-refractivity contribution in [1.29, 1.82) is 0 Å². The molecule has 0 saturated heterocycles. The smallest absolute Gasteiger partial charge is 0.258 e. The molecule has 4 nitrogen and oxygen atoms in total. The van der Waals surface area contributed by atoms with Crippen molar-refractivity contribution in [2.75, 3.05) is 13.2 Å². The van der Waals surface area contributed by atoms with Crippen molar-refractivity contribution < 1.29 is 14.6 Å². The van der Waals surface area contributed by atoms with Gasteiger partial charge in [-0.3, -0.25) is 4.79 Å². The van der Waals surface area contributed by atoms with Gasteiger partial charge in [0.2, 0.25) is 0 Å². The Kier molecular flexibility index (Phi) is 6.31. The maximum absolute atomic E-state index is 11.6. The van der Waals surface area contributed by atoms with E-state index in [0.29, 0.717) is 5.75 Å². The molecule has 0 aromatic heterocycles. The largest absolute Gasteiger partial charge is 0.483 e. The lowest BCUT2D eigenvalue weighted by Crippen LogP contribution is -2.37.